The summed E-state index contributed by atoms with van der Waals surface area (Å²) in [5.41, 5.74) is -0.488. The number of β-amino-alcohol motifs (C(OH)–C–C–N with tert-alkyl or cyclic N) is 1. The summed E-state index contributed by atoms with van der Waals surface area (Å²) in [4.78, 5) is 16.4. The highest BCUT2D eigenvalue weighted by atomic mass is 16.7. The van der Waals surface area contributed by atoms with Gasteiger partial charge in [-0.3, -0.25) is 4.79 Å². The van der Waals surface area contributed by atoms with E-state index in [9.17, 15) is 10.0 Å². The summed E-state index contributed by atoms with van der Waals surface area (Å²) in [5, 5.41) is 34.8. The molecular weight excluding hydrogens is 278 g/mol. The lowest BCUT2D eigenvalue weighted by molar-refractivity contribution is -0.726. The van der Waals surface area contributed by atoms with Gasteiger partial charge in [0, 0.05) is 0 Å². The number of hydrogen-bond donors (Lipinski definition) is 2. The maximum atomic E-state index is 11.9. The van der Waals surface area contributed by atoms with Crippen LogP contribution in [0.15, 0.2) is 5.28 Å². The van der Waals surface area contributed by atoms with Gasteiger partial charge in [-0.1, -0.05) is 0 Å². The Labute approximate surface area is 124 Å². The normalized spacial score (nSPS) is 23.7. The van der Waals surface area contributed by atoms with Crippen LogP contribution >= 0.6 is 0 Å². The largest absolute Gasteiger partial charge is 0.569 e. The third kappa shape index (κ3) is 5.37. The van der Waals surface area contributed by atoms with Crippen LogP contribution in [-0.2, 0) is 9.63 Å². The molecule has 0 heterocycles. The van der Waals surface area contributed by atoms with Crippen LogP contribution in [0.2, 0.25) is 0 Å². The summed E-state index contributed by atoms with van der Waals surface area (Å²) in [7, 11) is 0. The molecule has 0 radical (unpaired) electrons. The number of aliphatic hydroxyl groups excluding tert-OH is 1. The first kappa shape index (κ1) is 17.5. The Kier molecular flexibility index (Phi) is 6.19. The molecule has 1 aliphatic rings. The van der Waals surface area contributed by atoms with Gasteiger partial charge >= 0.3 is 5.97 Å². The number of aliphatic hydroxyl groups is 1. The van der Waals surface area contributed by atoms with Crippen LogP contribution in [0.3, 0.4) is 0 Å². The van der Waals surface area contributed by atoms with Crippen LogP contribution in [-0.4, -0.2) is 51.0 Å². The van der Waals surface area contributed by atoms with Crippen molar-refractivity contribution < 1.29 is 24.8 Å². The van der Waals surface area contributed by atoms with E-state index in [2.05, 4.69) is 5.28 Å². The summed E-state index contributed by atoms with van der Waals surface area (Å²) in [6.45, 7) is 5.50. The SMILES string of the molecule is CC(C)(C)N(CCO)/[N+]([O-])=N\OC1CCC(C(=O)O)CC1. The predicted octanol–water partition coefficient (Wildman–Crippen LogP) is 1.53. The second-order valence-corrected chi connectivity index (χ2v) is 6.27. The van der Waals surface area contributed by atoms with E-state index >= 15 is 0 Å². The van der Waals surface area contributed by atoms with Gasteiger partial charge in [0.2, 0.25) is 5.28 Å². The van der Waals surface area contributed by atoms with Crippen molar-refractivity contribution in [2.24, 2.45) is 11.2 Å². The summed E-state index contributed by atoms with van der Waals surface area (Å²) >= 11 is 0. The molecule has 1 saturated carbocycles. The Morgan fingerprint density at radius 3 is 2.38 bits per heavy atom. The lowest BCUT2D eigenvalue weighted by Gasteiger charge is -2.30. The Bertz CT molecular complexity index is 372. The highest BCUT2D eigenvalue weighted by molar-refractivity contribution is 5.69. The molecule has 0 saturated heterocycles. The van der Waals surface area contributed by atoms with Gasteiger partial charge in [0.1, 0.15) is 12.6 Å². The van der Waals surface area contributed by atoms with Gasteiger partial charge in [0.15, 0.2) is 0 Å². The summed E-state index contributed by atoms with van der Waals surface area (Å²) < 4.78 is 0. The average molecular weight is 303 g/mol. The van der Waals surface area contributed by atoms with Crippen LogP contribution in [0.4, 0.5) is 0 Å². The number of nitrogens with zero attached hydrogens (tertiary/aromatic N) is 3. The number of aliphatic carboxylic acids is 1. The van der Waals surface area contributed by atoms with Gasteiger partial charge in [-0.15, -0.1) is 5.01 Å². The zero-order valence-electron chi connectivity index (χ0n) is 12.9. The average Bonchev–Trinajstić information content (AvgIpc) is 2.41. The van der Waals surface area contributed by atoms with E-state index in [-0.39, 0.29) is 25.2 Å². The minimum atomic E-state index is -0.780. The topological polar surface area (TPSA) is 108 Å². The standard InChI is InChI=1S/C13H25N3O5/c1-13(2,3)15(8-9-17)16(20)14-21-11-6-4-10(5-7-11)12(18)19/h10-11,17H,4-9H2,1-3H3,(H,18,19)/b16-14+. The molecule has 1 fully saturated rings. The smallest absolute Gasteiger partial charge is 0.306 e. The monoisotopic (exact) mass is 303 g/mol. The summed E-state index contributed by atoms with van der Waals surface area (Å²) in [5.74, 6) is -1.11. The molecule has 0 aromatic carbocycles. The minimum absolute atomic E-state index is 0.157. The summed E-state index contributed by atoms with van der Waals surface area (Å²) in [6, 6.07) is 0. The molecule has 0 atom stereocenters. The Morgan fingerprint density at radius 1 is 1.38 bits per heavy atom. The van der Waals surface area contributed by atoms with Crippen molar-refractivity contribution in [3.05, 3.63) is 5.21 Å². The Balaban J connectivity index is 2.53. The third-order valence-corrected chi connectivity index (χ3v) is 3.58. The van der Waals surface area contributed by atoms with Crippen molar-refractivity contribution in [2.45, 2.75) is 58.1 Å². The first-order chi connectivity index (χ1) is 9.75. The molecule has 1 rings (SSSR count). The van der Waals surface area contributed by atoms with Crippen LogP contribution < -0.4 is 0 Å². The number of carboxylic acids is 1. The second-order valence-electron chi connectivity index (χ2n) is 6.27. The predicted molar refractivity (Wildman–Crippen MR) is 74.1 cm³/mol. The first-order valence-electron chi connectivity index (χ1n) is 7.21. The molecule has 0 amide bonds. The molecule has 21 heavy (non-hydrogen) atoms. The van der Waals surface area contributed by atoms with Gasteiger partial charge in [-0.05, 0) is 46.5 Å². The molecule has 122 valence electrons. The van der Waals surface area contributed by atoms with Gasteiger partial charge in [-0.2, -0.15) is 0 Å². The molecular formula is C13H25N3O5. The van der Waals surface area contributed by atoms with Crippen LogP contribution in [0.1, 0.15) is 46.5 Å². The number of carboxylic acid groups (broad SMARTS) is 1. The molecule has 0 aromatic heterocycles. The zero-order valence-corrected chi connectivity index (χ0v) is 12.9. The van der Waals surface area contributed by atoms with Crippen molar-refractivity contribution in [1.29, 1.82) is 0 Å². The fraction of sp³-hybridized carbons (Fsp3) is 0.923. The molecule has 1 aliphatic carbocycles. The minimum Gasteiger partial charge on any atom is -0.569 e. The molecule has 0 bridgehead atoms. The Hall–Kier alpha value is -1.57. The van der Waals surface area contributed by atoms with E-state index in [4.69, 9.17) is 15.1 Å². The van der Waals surface area contributed by atoms with E-state index < -0.39 is 11.5 Å². The molecule has 0 unspecified atom stereocenters. The molecule has 0 aromatic rings. The molecule has 8 nitrogen and oxygen atoms in total. The highest BCUT2D eigenvalue weighted by Gasteiger charge is 2.30. The van der Waals surface area contributed by atoms with E-state index in [1.54, 1.807) is 0 Å². The lowest BCUT2D eigenvalue weighted by atomic mass is 9.88. The van der Waals surface area contributed by atoms with Crippen molar-refractivity contribution >= 4 is 5.97 Å². The van der Waals surface area contributed by atoms with Gasteiger partial charge in [-0.25, -0.2) is 0 Å². The van der Waals surface area contributed by atoms with Crippen LogP contribution in [0, 0.1) is 11.1 Å². The third-order valence-electron chi connectivity index (χ3n) is 3.58. The fourth-order valence-electron chi connectivity index (χ4n) is 2.34. The molecule has 8 heteroatoms. The van der Waals surface area contributed by atoms with Crippen molar-refractivity contribution in [3.8, 4) is 0 Å². The molecule has 0 aliphatic heterocycles. The zero-order chi connectivity index (χ0) is 16.0. The number of hydrazine groups is 1. The van der Waals surface area contributed by atoms with Crippen molar-refractivity contribution in [1.82, 2.24) is 5.01 Å². The van der Waals surface area contributed by atoms with E-state index in [0.717, 1.165) is 0 Å². The number of carbonyl (C=O) groups is 1. The van der Waals surface area contributed by atoms with Gasteiger partial charge < -0.3 is 20.3 Å². The quantitative estimate of drug-likeness (QED) is 0.437. The molecule has 2 N–H and O–H groups in total. The first-order valence-corrected chi connectivity index (χ1v) is 7.21. The molecule has 0 spiro atoms. The summed E-state index contributed by atoms with van der Waals surface area (Å²) in [6.07, 6.45) is 1.99. The van der Waals surface area contributed by atoms with Crippen molar-refractivity contribution in [3.63, 3.8) is 0 Å². The van der Waals surface area contributed by atoms with Gasteiger partial charge in [0.05, 0.1) is 23.0 Å². The second kappa shape index (κ2) is 7.44. The highest BCUT2D eigenvalue weighted by Crippen LogP contribution is 2.26. The Morgan fingerprint density at radius 2 is 1.95 bits per heavy atom. The van der Waals surface area contributed by atoms with Gasteiger partial charge in [0.25, 0.3) is 0 Å². The number of rotatable bonds is 6. The van der Waals surface area contributed by atoms with E-state index in [0.29, 0.717) is 30.7 Å². The number of hydrogen-bond acceptors (Lipinski definition) is 5. The maximum Gasteiger partial charge on any atom is 0.306 e. The maximum absolute atomic E-state index is 11.9. The van der Waals surface area contributed by atoms with Crippen LogP contribution in [0.25, 0.3) is 0 Å². The van der Waals surface area contributed by atoms with E-state index in [1.165, 1.54) is 5.01 Å². The lowest BCUT2D eigenvalue weighted by Crippen LogP contribution is -2.47. The van der Waals surface area contributed by atoms with Crippen molar-refractivity contribution in [2.75, 3.05) is 13.2 Å². The van der Waals surface area contributed by atoms with Crippen LogP contribution in [0.5, 0.6) is 0 Å². The fourth-order valence-corrected chi connectivity index (χ4v) is 2.34. The van der Waals surface area contributed by atoms with E-state index in [1.807, 2.05) is 20.8 Å².